The van der Waals surface area contributed by atoms with Gasteiger partial charge in [-0.1, -0.05) is 114 Å². The Hall–Kier alpha value is -6.63. The van der Waals surface area contributed by atoms with E-state index < -0.39 is 5.97 Å². The van der Waals surface area contributed by atoms with Crippen LogP contribution in [0, 0.1) is 20.8 Å². The lowest BCUT2D eigenvalue weighted by Gasteiger charge is -2.22. The zero-order valence-corrected chi connectivity index (χ0v) is 30.3. The van der Waals surface area contributed by atoms with Crippen molar-refractivity contribution in [3.05, 3.63) is 212 Å². The lowest BCUT2D eigenvalue weighted by atomic mass is 9.95. The summed E-state index contributed by atoms with van der Waals surface area (Å²) in [5.74, 6) is -0.963. The van der Waals surface area contributed by atoms with Crippen molar-refractivity contribution in [2.24, 2.45) is 9.98 Å². The number of fused-ring (bicyclic) bond motifs is 6. The largest absolute Gasteiger partial charge is 0.478 e. The molecule has 262 valence electrons. The Kier molecular flexibility index (Phi) is 8.25. The normalized spacial score (nSPS) is 23.5. The molecular weight excluding hydrogens is 665 g/mol. The quantitative estimate of drug-likeness (QED) is 0.164. The fraction of sp³-hybridized carbons (Fsp3) is 0.104. The number of nitrogens with zero attached hydrogens (tertiary/aromatic N) is 2. The topological polar surface area (TPSA) is 89.8 Å². The van der Waals surface area contributed by atoms with E-state index in [9.17, 15) is 9.90 Å². The van der Waals surface area contributed by atoms with Crippen molar-refractivity contribution in [2.45, 2.75) is 32.9 Å². The van der Waals surface area contributed by atoms with Crippen molar-refractivity contribution in [1.29, 1.82) is 0 Å². The van der Waals surface area contributed by atoms with Crippen molar-refractivity contribution < 1.29 is 9.90 Å². The fourth-order valence-electron chi connectivity index (χ4n) is 7.70. The lowest BCUT2D eigenvalue weighted by molar-refractivity contribution is 0.0697. The van der Waals surface area contributed by atoms with Crippen LogP contribution < -0.4 is 16.0 Å². The van der Waals surface area contributed by atoms with Gasteiger partial charge in [-0.3, -0.25) is 5.32 Å². The molecule has 4 aliphatic rings. The molecule has 1 aromatic heterocycles. The number of allylic oxidation sites excluding steroid dienone is 5. The number of benzene rings is 4. The molecule has 6 heteroatoms. The summed E-state index contributed by atoms with van der Waals surface area (Å²) in [6.45, 7) is 6.31. The first-order valence-corrected chi connectivity index (χ1v) is 18.2. The van der Waals surface area contributed by atoms with Gasteiger partial charge in [-0.2, -0.15) is 0 Å². The molecule has 4 aromatic carbocycles. The number of aromatic amines is 1. The third-order valence-electron chi connectivity index (χ3n) is 10.5. The van der Waals surface area contributed by atoms with Crippen molar-refractivity contribution in [2.75, 3.05) is 0 Å². The van der Waals surface area contributed by atoms with Crippen LogP contribution in [0.3, 0.4) is 0 Å². The number of nitrogens with one attached hydrogen (secondary N) is 2. The summed E-state index contributed by atoms with van der Waals surface area (Å²) in [5, 5.41) is 15.5. The molecule has 2 unspecified atom stereocenters. The van der Waals surface area contributed by atoms with E-state index >= 15 is 0 Å². The first-order valence-electron chi connectivity index (χ1n) is 18.2. The molecular formula is C48H38N4O2. The number of carbonyl (C=O) groups is 1. The zero-order valence-electron chi connectivity index (χ0n) is 30.3. The Bertz CT molecular complexity index is 2700. The molecule has 8 bridgehead atoms. The van der Waals surface area contributed by atoms with E-state index in [-0.39, 0.29) is 17.6 Å². The second-order valence-electron chi connectivity index (χ2n) is 14.3. The number of aromatic nitrogens is 1. The number of carboxylic acid groups (broad SMARTS) is 1. The maximum atomic E-state index is 11.8. The molecule has 0 saturated carbocycles. The van der Waals surface area contributed by atoms with Gasteiger partial charge in [0.15, 0.2) is 0 Å². The summed E-state index contributed by atoms with van der Waals surface area (Å²) < 4.78 is 0. The number of aryl methyl sites for hydroxylation is 3. The van der Waals surface area contributed by atoms with Crippen molar-refractivity contribution in [3.63, 3.8) is 0 Å². The fourth-order valence-corrected chi connectivity index (χ4v) is 7.70. The number of hydrogen-bond donors (Lipinski definition) is 3. The van der Waals surface area contributed by atoms with Gasteiger partial charge in [-0.15, -0.1) is 0 Å². The first-order chi connectivity index (χ1) is 26.3. The summed E-state index contributed by atoms with van der Waals surface area (Å²) in [5.41, 5.74) is 15.3. The predicted molar refractivity (Wildman–Crippen MR) is 219 cm³/mol. The van der Waals surface area contributed by atoms with Crippen LogP contribution in [-0.2, 0) is 0 Å². The van der Waals surface area contributed by atoms with Gasteiger partial charge >= 0.3 is 5.97 Å². The number of rotatable bonds is 5. The van der Waals surface area contributed by atoms with Gasteiger partial charge in [0.05, 0.1) is 40.5 Å². The minimum absolute atomic E-state index is 0.107. The number of H-pyrrole nitrogens is 1. The monoisotopic (exact) mass is 702 g/mol. The molecule has 3 N–H and O–H groups in total. The van der Waals surface area contributed by atoms with E-state index in [1.165, 1.54) is 16.7 Å². The second kappa shape index (κ2) is 13.4. The van der Waals surface area contributed by atoms with E-state index in [1.54, 1.807) is 12.1 Å². The number of carboxylic acids is 1. The Morgan fingerprint density at radius 1 is 0.519 bits per heavy atom. The van der Waals surface area contributed by atoms with Crippen LogP contribution in [0.15, 0.2) is 167 Å². The molecule has 0 radical (unpaired) electrons. The van der Waals surface area contributed by atoms with Gasteiger partial charge in [0.2, 0.25) is 0 Å². The number of hydrogen-bond acceptors (Lipinski definition) is 4. The summed E-state index contributed by atoms with van der Waals surface area (Å²) in [7, 11) is 0. The van der Waals surface area contributed by atoms with Crippen LogP contribution in [0.2, 0.25) is 0 Å². The predicted octanol–water partition coefficient (Wildman–Crippen LogP) is 7.79. The van der Waals surface area contributed by atoms with E-state index in [1.807, 2.05) is 18.2 Å². The minimum atomic E-state index is -0.963. The van der Waals surface area contributed by atoms with E-state index in [0.29, 0.717) is 0 Å². The molecule has 0 spiro atoms. The van der Waals surface area contributed by atoms with Crippen molar-refractivity contribution in [3.8, 4) is 0 Å². The van der Waals surface area contributed by atoms with Crippen LogP contribution in [0.1, 0.15) is 49.3 Å². The molecule has 2 atom stereocenters. The molecule has 54 heavy (non-hydrogen) atoms. The molecule has 0 saturated heterocycles. The molecule has 6 nitrogen and oxygen atoms in total. The van der Waals surface area contributed by atoms with Gasteiger partial charge in [0.25, 0.3) is 0 Å². The van der Waals surface area contributed by atoms with Gasteiger partial charge in [-0.05, 0) is 91.6 Å². The number of aromatic carboxylic acids is 1. The summed E-state index contributed by atoms with van der Waals surface area (Å²) in [6.07, 6.45) is 12.9. The lowest BCUT2D eigenvalue weighted by Crippen LogP contribution is -2.35. The molecule has 9 rings (SSSR count). The number of aliphatic imine (C=N–C) groups is 2. The zero-order chi connectivity index (χ0) is 36.9. The van der Waals surface area contributed by atoms with E-state index in [4.69, 9.17) is 9.98 Å². The smallest absolute Gasteiger partial charge is 0.335 e. The van der Waals surface area contributed by atoms with Crippen LogP contribution in [0.5, 0.6) is 0 Å². The van der Waals surface area contributed by atoms with Crippen LogP contribution in [0.25, 0.3) is 22.3 Å². The third kappa shape index (κ3) is 6.06. The average molecular weight is 703 g/mol. The van der Waals surface area contributed by atoms with Gasteiger partial charge in [-0.25, -0.2) is 14.8 Å². The van der Waals surface area contributed by atoms with Crippen molar-refractivity contribution in [1.82, 2.24) is 10.3 Å². The highest BCUT2D eigenvalue weighted by Crippen LogP contribution is 2.36. The molecule has 0 amide bonds. The molecule has 0 aliphatic carbocycles. The summed E-state index contributed by atoms with van der Waals surface area (Å²) in [4.78, 5) is 26.3. The highest BCUT2D eigenvalue weighted by molar-refractivity contribution is 6.35. The Morgan fingerprint density at radius 3 is 1.59 bits per heavy atom. The maximum absolute atomic E-state index is 11.8. The Balaban J connectivity index is 1.36. The second-order valence-corrected chi connectivity index (χ2v) is 14.3. The highest BCUT2D eigenvalue weighted by Gasteiger charge is 2.30. The molecule has 4 aliphatic heterocycles. The standard InChI is InChI=1S/C48H38N4O2/c1-28-4-10-31(11-5-28)44-36-20-22-38(49-36)45(32-12-6-29(2)7-13-32)40-24-26-42(51-40)47(34-16-18-35(19-17-34)48(53)54)43-27-25-41(52-43)46(39-23-21-37(44)50-39)33-14-8-30(3)9-15-33/h4-27,36,38,49,51H,1-3H3,(H,53,54)/b44-37-,45-40-,46-41-,47-42-. The van der Waals surface area contributed by atoms with E-state index in [0.717, 1.165) is 78.1 Å². The van der Waals surface area contributed by atoms with Gasteiger partial charge in [0.1, 0.15) is 0 Å². The Labute approximate surface area is 314 Å². The maximum Gasteiger partial charge on any atom is 0.335 e. The van der Waals surface area contributed by atoms with Gasteiger partial charge in [0, 0.05) is 33.0 Å². The van der Waals surface area contributed by atoms with Crippen LogP contribution in [-0.4, -0.2) is 39.6 Å². The molecule has 0 fully saturated rings. The first kappa shape index (κ1) is 33.2. The SMILES string of the molecule is Cc1ccc(/C2=C3\C=CC(=N3)/C(c3ccc(C(=O)O)cc3)=c3/cc/c([nH]3)=C(\c3ccc(C)cc3)C3C=CC(N3)/C(c3ccc(C)cc3)=C3/C=CC2=N3)cc1. The minimum Gasteiger partial charge on any atom is -0.478 e. The summed E-state index contributed by atoms with van der Waals surface area (Å²) >= 11 is 0. The van der Waals surface area contributed by atoms with Crippen LogP contribution in [0.4, 0.5) is 0 Å². The molecule has 5 heterocycles. The Morgan fingerprint density at radius 2 is 0.981 bits per heavy atom. The summed E-state index contributed by atoms with van der Waals surface area (Å²) in [6, 6.07) is 36.9. The van der Waals surface area contributed by atoms with E-state index in [2.05, 4.69) is 146 Å². The van der Waals surface area contributed by atoms with Crippen molar-refractivity contribution >= 4 is 39.7 Å². The average Bonchev–Trinajstić information content (AvgIpc) is 4.02. The highest BCUT2D eigenvalue weighted by atomic mass is 16.4. The van der Waals surface area contributed by atoms with Gasteiger partial charge < -0.3 is 10.1 Å². The molecule has 5 aromatic rings. The third-order valence-corrected chi connectivity index (χ3v) is 10.5. The van der Waals surface area contributed by atoms with Crippen LogP contribution >= 0.6 is 0 Å².